The van der Waals surface area contributed by atoms with E-state index in [0.29, 0.717) is 17.2 Å². The molecule has 0 spiro atoms. The van der Waals surface area contributed by atoms with Crippen LogP contribution in [0.4, 0.5) is 5.69 Å². The molecule has 0 unspecified atom stereocenters. The summed E-state index contributed by atoms with van der Waals surface area (Å²) in [4.78, 5) is 13.0. The molecular formula is C25H26N2O5S. The molecule has 0 atom stereocenters. The molecule has 7 nitrogen and oxygen atoms in total. The van der Waals surface area contributed by atoms with Crippen LogP contribution in [-0.2, 0) is 27.8 Å². The maximum atomic E-state index is 13.5. The van der Waals surface area contributed by atoms with Crippen molar-refractivity contribution >= 4 is 21.6 Å². The van der Waals surface area contributed by atoms with Gasteiger partial charge in [0.2, 0.25) is 12.7 Å². The van der Waals surface area contributed by atoms with Crippen LogP contribution in [0.5, 0.6) is 11.5 Å². The number of anilines is 1. The first-order valence-corrected chi connectivity index (χ1v) is 12.1. The molecule has 1 aliphatic heterocycles. The number of hydrogen-bond donors (Lipinski definition) is 1. The van der Waals surface area contributed by atoms with E-state index < -0.39 is 15.9 Å². The lowest BCUT2D eigenvalue weighted by Crippen LogP contribution is -2.40. The summed E-state index contributed by atoms with van der Waals surface area (Å²) in [6.45, 7) is 3.99. The molecular weight excluding hydrogens is 440 g/mol. The highest BCUT2D eigenvalue weighted by molar-refractivity contribution is 7.92. The number of amides is 1. The van der Waals surface area contributed by atoms with Crippen molar-refractivity contribution in [3.8, 4) is 11.5 Å². The Morgan fingerprint density at radius 2 is 1.61 bits per heavy atom. The molecule has 1 amide bonds. The van der Waals surface area contributed by atoms with Crippen molar-refractivity contribution in [1.82, 2.24) is 5.32 Å². The number of sulfonamides is 1. The number of hydrogen-bond acceptors (Lipinski definition) is 5. The SMILES string of the molecule is CCc1ccc(N(CC(=O)NCc2ccc3c(c2)OCO3)S(=O)(=O)c2ccc(C)cc2)cc1. The van der Waals surface area contributed by atoms with Crippen LogP contribution in [0.25, 0.3) is 0 Å². The first-order valence-electron chi connectivity index (χ1n) is 10.7. The summed E-state index contributed by atoms with van der Waals surface area (Å²) in [5.74, 6) is 0.875. The number of fused-ring (bicyclic) bond motifs is 1. The summed E-state index contributed by atoms with van der Waals surface area (Å²) in [7, 11) is -3.94. The van der Waals surface area contributed by atoms with E-state index in [0.717, 1.165) is 27.4 Å². The minimum atomic E-state index is -3.94. The van der Waals surface area contributed by atoms with Gasteiger partial charge < -0.3 is 14.8 Å². The summed E-state index contributed by atoms with van der Waals surface area (Å²) in [5, 5.41) is 2.80. The lowest BCUT2D eigenvalue weighted by atomic mass is 10.1. The Kier molecular flexibility index (Phi) is 6.55. The fourth-order valence-corrected chi connectivity index (χ4v) is 4.91. The van der Waals surface area contributed by atoms with E-state index in [1.165, 1.54) is 0 Å². The van der Waals surface area contributed by atoms with Crippen LogP contribution in [-0.4, -0.2) is 27.7 Å². The van der Waals surface area contributed by atoms with Gasteiger partial charge in [-0.1, -0.05) is 42.8 Å². The Balaban J connectivity index is 1.54. The van der Waals surface area contributed by atoms with Gasteiger partial charge in [0.25, 0.3) is 10.0 Å². The van der Waals surface area contributed by atoms with Gasteiger partial charge in [0.15, 0.2) is 11.5 Å². The summed E-state index contributed by atoms with van der Waals surface area (Å²) >= 11 is 0. The molecule has 8 heteroatoms. The van der Waals surface area contributed by atoms with Crippen molar-refractivity contribution in [2.75, 3.05) is 17.6 Å². The molecule has 172 valence electrons. The van der Waals surface area contributed by atoms with Gasteiger partial charge in [-0.05, 0) is 60.9 Å². The fraction of sp³-hybridized carbons (Fsp3) is 0.240. The van der Waals surface area contributed by atoms with Gasteiger partial charge in [-0.3, -0.25) is 9.10 Å². The minimum absolute atomic E-state index is 0.135. The standard InChI is InChI=1S/C25H26N2O5S/c1-3-19-6-9-21(10-7-19)27(33(29,30)22-11-4-18(2)5-12-22)16-25(28)26-15-20-8-13-23-24(14-20)32-17-31-23/h4-14H,3,15-17H2,1-2H3,(H,26,28). The number of rotatable bonds is 8. The third-order valence-corrected chi connectivity index (χ3v) is 7.24. The number of ether oxygens (including phenoxy) is 2. The second-order valence-electron chi connectivity index (χ2n) is 7.81. The van der Waals surface area contributed by atoms with E-state index in [9.17, 15) is 13.2 Å². The number of aryl methyl sites for hydroxylation is 2. The predicted octanol–water partition coefficient (Wildman–Crippen LogP) is 3.80. The molecule has 0 bridgehead atoms. The molecule has 0 aliphatic carbocycles. The first-order chi connectivity index (χ1) is 15.9. The molecule has 3 aromatic carbocycles. The Morgan fingerprint density at radius 1 is 0.939 bits per heavy atom. The second-order valence-corrected chi connectivity index (χ2v) is 9.67. The molecule has 1 heterocycles. The lowest BCUT2D eigenvalue weighted by Gasteiger charge is -2.24. The molecule has 1 aliphatic rings. The highest BCUT2D eigenvalue weighted by Crippen LogP contribution is 2.32. The van der Waals surface area contributed by atoms with Crippen molar-refractivity contribution < 1.29 is 22.7 Å². The van der Waals surface area contributed by atoms with Crippen LogP contribution >= 0.6 is 0 Å². The van der Waals surface area contributed by atoms with Crippen LogP contribution in [0, 0.1) is 6.92 Å². The van der Waals surface area contributed by atoms with E-state index in [1.807, 2.05) is 32.0 Å². The number of nitrogens with one attached hydrogen (secondary N) is 1. The zero-order valence-corrected chi connectivity index (χ0v) is 19.4. The lowest BCUT2D eigenvalue weighted by molar-refractivity contribution is -0.119. The van der Waals surface area contributed by atoms with E-state index in [4.69, 9.17) is 9.47 Å². The average molecular weight is 467 g/mol. The van der Waals surface area contributed by atoms with E-state index in [1.54, 1.807) is 48.5 Å². The quantitative estimate of drug-likeness (QED) is 0.546. The summed E-state index contributed by atoms with van der Waals surface area (Å²) < 4.78 is 38.7. The molecule has 4 rings (SSSR count). The third kappa shape index (κ3) is 5.12. The van der Waals surface area contributed by atoms with Crippen molar-refractivity contribution in [3.63, 3.8) is 0 Å². The number of nitrogens with zero attached hydrogens (tertiary/aromatic N) is 1. The zero-order chi connectivity index (χ0) is 23.4. The predicted molar refractivity (Wildman–Crippen MR) is 126 cm³/mol. The van der Waals surface area contributed by atoms with Crippen molar-refractivity contribution in [1.29, 1.82) is 0 Å². The molecule has 33 heavy (non-hydrogen) atoms. The van der Waals surface area contributed by atoms with Crippen LogP contribution in [0.1, 0.15) is 23.6 Å². The topological polar surface area (TPSA) is 84.9 Å². The van der Waals surface area contributed by atoms with E-state index in [2.05, 4.69) is 5.32 Å². The Hall–Kier alpha value is -3.52. The van der Waals surface area contributed by atoms with Crippen LogP contribution in [0.2, 0.25) is 0 Å². The minimum Gasteiger partial charge on any atom is -0.454 e. The molecule has 0 radical (unpaired) electrons. The highest BCUT2D eigenvalue weighted by atomic mass is 32.2. The number of carbonyl (C=O) groups excluding carboxylic acids is 1. The van der Waals surface area contributed by atoms with Gasteiger partial charge in [-0.25, -0.2) is 8.42 Å². The Morgan fingerprint density at radius 3 is 2.30 bits per heavy atom. The number of benzene rings is 3. The van der Waals surface area contributed by atoms with E-state index >= 15 is 0 Å². The Bertz CT molecular complexity index is 1240. The molecule has 3 aromatic rings. The monoisotopic (exact) mass is 466 g/mol. The van der Waals surface area contributed by atoms with Gasteiger partial charge >= 0.3 is 0 Å². The number of carbonyl (C=O) groups is 1. The maximum Gasteiger partial charge on any atom is 0.264 e. The molecule has 1 N–H and O–H groups in total. The van der Waals surface area contributed by atoms with Crippen LogP contribution < -0.4 is 19.1 Å². The highest BCUT2D eigenvalue weighted by Gasteiger charge is 2.27. The molecule has 0 saturated heterocycles. The van der Waals surface area contributed by atoms with E-state index in [-0.39, 0.29) is 24.8 Å². The van der Waals surface area contributed by atoms with Gasteiger partial charge in [-0.15, -0.1) is 0 Å². The largest absolute Gasteiger partial charge is 0.454 e. The first kappa shape index (κ1) is 22.7. The molecule has 0 saturated carbocycles. The fourth-order valence-electron chi connectivity index (χ4n) is 3.49. The van der Waals surface area contributed by atoms with Gasteiger partial charge in [0, 0.05) is 6.54 Å². The molecule has 0 fully saturated rings. The second kappa shape index (κ2) is 9.54. The van der Waals surface area contributed by atoms with Crippen molar-refractivity contribution in [2.45, 2.75) is 31.7 Å². The van der Waals surface area contributed by atoms with Gasteiger partial charge in [0.05, 0.1) is 10.6 Å². The normalized spacial score (nSPS) is 12.4. The van der Waals surface area contributed by atoms with Crippen LogP contribution in [0.15, 0.2) is 71.6 Å². The smallest absolute Gasteiger partial charge is 0.264 e. The maximum absolute atomic E-state index is 13.5. The summed E-state index contributed by atoms with van der Waals surface area (Å²) in [6, 6.07) is 19.2. The summed E-state index contributed by atoms with van der Waals surface area (Å²) in [5.41, 5.74) is 3.30. The Labute approximate surface area is 194 Å². The van der Waals surface area contributed by atoms with Crippen LogP contribution in [0.3, 0.4) is 0 Å². The van der Waals surface area contributed by atoms with Gasteiger partial charge in [0.1, 0.15) is 6.54 Å². The summed E-state index contributed by atoms with van der Waals surface area (Å²) in [6.07, 6.45) is 0.834. The average Bonchev–Trinajstić information content (AvgIpc) is 3.29. The van der Waals surface area contributed by atoms with Crippen molar-refractivity contribution in [2.24, 2.45) is 0 Å². The van der Waals surface area contributed by atoms with Gasteiger partial charge in [-0.2, -0.15) is 0 Å². The zero-order valence-electron chi connectivity index (χ0n) is 18.6. The van der Waals surface area contributed by atoms with Crippen molar-refractivity contribution in [3.05, 3.63) is 83.4 Å². The third-order valence-electron chi connectivity index (χ3n) is 5.46. The molecule has 0 aromatic heterocycles.